The third kappa shape index (κ3) is 6.19. The van der Waals surface area contributed by atoms with Crippen LogP contribution in [0.1, 0.15) is 65.7 Å². The number of hydrogen-bond donors (Lipinski definition) is 1. The van der Waals surface area contributed by atoms with Crippen LogP contribution < -0.4 is 5.32 Å². The normalized spacial score (nSPS) is 20.2. The molecule has 15 heavy (non-hydrogen) atoms. The van der Waals surface area contributed by atoms with Gasteiger partial charge >= 0.3 is 0 Å². The van der Waals surface area contributed by atoms with Crippen LogP contribution in [0.3, 0.4) is 0 Å². The highest BCUT2D eigenvalue weighted by Gasteiger charge is 2.23. The van der Waals surface area contributed by atoms with E-state index in [1.807, 2.05) is 0 Å². The quantitative estimate of drug-likeness (QED) is 0.608. The molecular formula is C14H29N. The Kier molecular flexibility index (Phi) is 6.31. The zero-order valence-corrected chi connectivity index (χ0v) is 10.9. The van der Waals surface area contributed by atoms with Crippen molar-refractivity contribution in [3.8, 4) is 0 Å². The maximum absolute atomic E-state index is 3.71. The second-order valence-corrected chi connectivity index (χ2v) is 5.40. The van der Waals surface area contributed by atoms with Crippen molar-refractivity contribution in [1.29, 1.82) is 0 Å². The van der Waals surface area contributed by atoms with Gasteiger partial charge in [-0.25, -0.2) is 0 Å². The molecule has 2 unspecified atom stereocenters. The molecule has 0 radical (unpaired) electrons. The second kappa shape index (κ2) is 7.27. The van der Waals surface area contributed by atoms with E-state index in [-0.39, 0.29) is 0 Å². The first-order chi connectivity index (χ1) is 7.26. The van der Waals surface area contributed by atoms with Crippen LogP contribution in [-0.2, 0) is 0 Å². The highest BCUT2D eigenvalue weighted by Crippen LogP contribution is 2.33. The van der Waals surface area contributed by atoms with E-state index in [0.717, 1.165) is 17.9 Å². The Morgan fingerprint density at radius 3 is 2.53 bits per heavy atom. The van der Waals surface area contributed by atoms with Crippen LogP contribution in [0, 0.1) is 11.8 Å². The fourth-order valence-corrected chi connectivity index (χ4v) is 2.25. The minimum absolute atomic E-state index is 0.744. The Balaban J connectivity index is 2.03. The van der Waals surface area contributed by atoms with Crippen LogP contribution in [-0.4, -0.2) is 12.6 Å². The molecule has 1 N–H and O–H groups in total. The summed E-state index contributed by atoms with van der Waals surface area (Å²) in [6.45, 7) is 8.21. The lowest BCUT2D eigenvalue weighted by Gasteiger charge is -2.19. The molecule has 0 aromatic carbocycles. The largest absolute Gasteiger partial charge is 0.314 e. The molecule has 1 heteroatoms. The van der Waals surface area contributed by atoms with Crippen molar-refractivity contribution in [3.63, 3.8) is 0 Å². The summed E-state index contributed by atoms with van der Waals surface area (Å²) in [5, 5.41) is 3.71. The van der Waals surface area contributed by atoms with E-state index in [0.29, 0.717) is 0 Å². The lowest BCUT2D eigenvalue weighted by Crippen LogP contribution is -2.31. The van der Waals surface area contributed by atoms with Crippen molar-refractivity contribution in [3.05, 3.63) is 0 Å². The lowest BCUT2D eigenvalue weighted by atomic mass is 9.99. The average molecular weight is 211 g/mol. The molecule has 1 aliphatic carbocycles. The van der Waals surface area contributed by atoms with Crippen LogP contribution in [0.4, 0.5) is 0 Å². The third-order valence-corrected chi connectivity index (χ3v) is 3.68. The zero-order chi connectivity index (χ0) is 11.1. The molecule has 1 nitrogen and oxygen atoms in total. The minimum Gasteiger partial charge on any atom is -0.314 e. The number of unbranched alkanes of at least 4 members (excludes halogenated alkanes) is 1. The Morgan fingerprint density at radius 2 is 2.00 bits per heavy atom. The summed E-state index contributed by atoms with van der Waals surface area (Å²) in [5.41, 5.74) is 0. The Morgan fingerprint density at radius 1 is 1.27 bits per heavy atom. The van der Waals surface area contributed by atoms with Crippen LogP contribution >= 0.6 is 0 Å². The summed E-state index contributed by atoms with van der Waals surface area (Å²) in [6.07, 6.45) is 9.87. The van der Waals surface area contributed by atoms with Gasteiger partial charge in [-0.3, -0.25) is 0 Å². The molecule has 0 bridgehead atoms. The fraction of sp³-hybridized carbons (Fsp3) is 1.00. The number of rotatable bonds is 9. The lowest BCUT2D eigenvalue weighted by molar-refractivity contribution is 0.381. The van der Waals surface area contributed by atoms with Gasteiger partial charge in [-0.05, 0) is 38.1 Å². The SMILES string of the molecule is CCCCC(CC)CNC(C)CC1CC1. The minimum atomic E-state index is 0.744. The summed E-state index contributed by atoms with van der Waals surface area (Å²) in [7, 11) is 0. The van der Waals surface area contributed by atoms with Crippen LogP contribution in [0.25, 0.3) is 0 Å². The molecule has 0 saturated heterocycles. The van der Waals surface area contributed by atoms with Crippen molar-refractivity contribution in [2.75, 3.05) is 6.54 Å². The Labute approximate surface area is 96.0 Å². The van der Waals surface area contributed by atoms with Gasteiger partial charge in [0.25, 0.3) is 0 Å². The summed E-state index contributed by atoms with van der Waals surface area (Å²) in [5.74, 6) is 1.97. The van der Waals surface area contributed by atoms with Gasteiger partial charge in [-0.1, -0.05) is 46.0 Å². The predicted octanol–water partition coefficient (Wildman–Crippen LogP) is 3.98. The maximum atomic E-state index is 3.71. The van der Waals surface area contributed by atoms with Crippen LogP contribution in [0.2, 0.25) is 0 Å². The first-order valence-electron chi connectivity index (χ1n) is 6.99. The van der Waals surface area contributed by atoms with E-state index in [1.165, 1.54) is 51.5 Å². The van der Waals surface area contributed by atoms with E-state index >= 15 is 0 Å². The van der Waals surface area contributed by atoms with Crippen LogP contribution in [0.15, 0.2) is 0 Å². The van der Waals surface area contributed by atoms with E-state index < -0.39 is 0 Å². The van der Waals surface area contributed by atoms with E-state index in [2.05, 4.69) is 26.1 Å². The number of hydrogen-bond acceptors (Lipinski definition) is 1. The molecule has 0 aliphatic heterocycles. The molecule has 1 fully saturated rings. The maximum Gasteiger partial charge on any atom is 0.00414 e. The summed E-state index contributed by atoms with van der Waals surface area (Å²) in [6, 6.07) is 0.744. The topological polar surface area (TPSA) is 12.0 Å². The summed E-state index contributed by atoms with van der Waals surface area (Å²) in [4.78, 5) is 0. The van der Waals surface area contributed by atoms with Gasteiger partial charge in [0, 0.05) is 6.04 Å². The third-order valence-electron chi connectivity index (χ3n) is 3.68. The van der Waals surface area contributed by atoms with Gasteiger partial charge in [0.2, 0.25) is 0 Å². The van der Waals surface area contributed by atoms with Crippen molar-refractivity contribution in [2.45, 2.75) is 71.8 Å². The van der Waals surface area contributed by atoms with Gasteiger partial charge in [-0.15, -0.1) is 0 Å². The Hall–Kier alpha value is -0.0400. The molecular weight excluding hydrogens is 182 g/mol. The van der Waals surface area contributed by atoms with Gasteiger partial charge in [0.15, 0.2) is 0 Å². The fourth-order valence-electron chi connectivity index (χ4n) is 2.25. The second-order valence-electron chi connectivity index (χ2n) is 5.40. The molecule has 2 atom stereocenters. The van der Waals surface area contributed by atoms with Gasteiger partial charge in [0.05, 0.1) is 0 Å². The molecule has 1 saturated carbocycles. The van der Waals surface area contributed by atoms with Gasteiger partial charge in [0.1, 0.15) is 0 Å². The van der Waals surface area contributed by atoms with Crippen molar-refractivity contribution >= 4 is 0 Å². The van der Waals surface area contributed by atoms with E-state index in [4.69, 9.17) is 0 Å². The standard InChI is InChI=1S/C14H29N/c1-4-6-7-13(5-2)11-15-12(3)10-14-8-9-14/h12-15H,4-11H2,1-3H3. The van der Waals surface area contributed by atoms with Gasteiger partial charge in [-0.2, -0.15) is 0 Å². The molecule has 0 spiro atoms. The highest BCUT2D eigenvalue weighted by molar-refractivity contribution is 4.78. The highest BCUT2D eigenvalue weighted by atomic mass is 14.9. The average Bonchev–Trinajstić information content (AvgIpc) is 3.02. The molecule has 1 rings (SSSR count). The molecule has 1 aliphatic rings. The molecule has 0 aromatic rings. The summed E-state index contributed by atoms with van der Waals surface area (Å²) < 4.78 is 0. The summed E-state index contributed by atoms with van der Waals surface area (Å²) >= 11 is 0. The first kappa shape index (κ1) is 13.0. The van der Waals surface area contributed by atoms with Crippen molar-refractivity contribution in [2.24, 2.45) is 11.8 Å². The number of nitrogens with one attached hydrogen (secondary N) is 1. The zero-order valence-electron chi connectivity index (χ0n) is 10.9. The monoisotopic (exact) mass is 211 g/mol. The smallest absolute Gasteiger partial charge is 0.00414 e. The molecule has 0 aromatic heterocycles. The van der Waals surface area contributed by atoms with E-state index in [9.17, 15) is 0 Å². The molecule has 0 amide bonds. The van der Waals surface area contributed by atoms with E-state index in [1.54, 1.807) is 0 Å². The predicted molar refractivity (Wildman–Crippen MR) is 68.1 cm³/mol. The van der Waals surface area contributed by atoms with Crippen molar-refractivity contribution in [1.82, 2.24) is 5.32 Å². The Bertz CT molecular complexity index is 151. The first-order valence-corrected chi connectivity index (χ1v) is 6.99. The van der Waals surface area contributed by atoms with Crippen LogP contribution in [0.5, 0.6) is 0 Å². The van der Waals surface area contributed by atoms with Gasteiger partial charge < -0.3 is 5.32 Å². The molecule has 0 heterocycles. The molecule has 90 valence electrons. The van der Waals surface area contributed by atoms with Crippen molar-refractivity contribution < 1.29 is 0 Å².